The lowest BCUT2D eigenvalue weighted by Crippen LogP contribution is -2.30. The summed E-state index contributed by atoms with van der Waals surface area (Å²) in [4.78, 5) is 27.2. The number of hydrogen-bond donors (Lipinski definition) is 2. The maximum Gasteiger partial charge on any atom is 0.408 e. The Bertz CT molecular complexity index is 671. The van der Waals surface area contributed by atoms with Gasteiger partial charge in [0.2, 0.25) is 0 Å². The van der Waals surface area contributed by atoms with Crippen molar-refractivity contribution in [1.82, 2.24) is 10.3 Å². The Morgan fingerprint density at radius 1 is 1.39 bits per heavy atom. The van der Waals surface area contributed by atoms with E-state index in [0.717, 1.165) is 15.0 Å². The molecule has 0 aliphatic heterocycles. The van der Waals surface area contributed by atoms with Crippen molar-refractivity contribution in [2.24, 2.45) is 0 Å². The normalized spacial score (nSPS) is 11.7. The minimum Gasteiger partial charge on any atom is -0.481 e. The molecule has 0 fully saturated rings. The summed E-state index contributed by atoms with van der Waals surface area (Å²) in [5.41, 5.74) is 1.60. The van der Waals surface area contributed by atoms with E-state index in [2.05, 4.69) is 26.2 Å². The van der Waals surface area contributed by atoms with Crippen molar-refractivity contribution in [3.8, 4) is 0 Å². The molecule has 0 aliphatic rings. The van der Waals surface area contributed by atoms with Crippen molar-refractivity contribution in [2.75, 3.05) is 0 Å². The van der Waals surface area contributed by atoms with E-state index in [1.165, 1.54) is 11.3 Å². The van der Waals surface area contributed by atoms with Gasteiger partial charge in [0, 0.05) is 0 Å². The van der Waals surface area contributed by atoms with Crippen LogP contribution in [-0.4, -0.2) is 22.2 Å². The standard InChI is InChI=1S/C15H15BrN2O4S/c1-9-13(16)23-14(17-9)11(7-12(19)20)18-15(21)22-8-10-5-3-2-4-6-10/h2-6,11H,7-8H2,1H3,(H,18,21)(H,19,20). The number of aryl methyl sites for hydroxylation is 1. The molecule has 0 radical (unpaired) electrons. The molecule has 1 aromatic heterocycles. The molecule has 8 heteroatoms. The lowest BCUT2D eigenvalue weighted by atomic mass is 10.2. The van der Waals surface area contributed by atoms with Gasteiger partial charge in [-0.2, -0.15) is 0 Å². The van der Waals surface area contributed by atoms with Crippen LogP contribution in [0.15, 0.2) is 34.1 Å². The van der Waals surface area contributed by atoms with Crippen LogP contribution in [0.1, 0.15) is 28.7 Å². The van der Waals surface area contributed by atoms with Crippen molar-refractivity contribution in [1.29, 1.82) is 0 Å². The van der Waals surface area contributed by atoms with Crippen LogP contribution in [0.5, 0.6) is 0 Å². The van der Waals surface area contributed by atoms with E-state index in [1.807, 2.05) is 30.3 Å². The lowest BCUT2D eigenvalue weighted by Gasteiger charge is -2.14. The molecule has 2 N–H and O–H groups in total. The summed E-state index contributed by atoms with van der Waals surface area (Å²) in [6.45, 7) is 1.92. The molecule has 1 aromatic carbocycles. The van der Waals surface area contributed by atoms with Crippen LogP contribution >= 0.6 is 27.3 Å². The summed E-state index contributed by atoms with van der Waals surface area (Å²) in [6.07, 6.45) is -0.941. The highest BCUT2D eigenvalue weighted by Gasteiger charge is 2.23. The molecule has 122 valence electrons. The number of carboxylic acid groups (broad SMARTS) is 1. The Labute approximate surface area is 145 Å². The summed E-state index contributed by atoms with van der Waals surface area (Å²) in [7, 11) is 0. The van der Waals surface area contributed by atoms with Gasteiger partial charge in [0.05, 0.1) is 21.9 Å². The van der Waals surface area contributed by atoms with Crippen LogP contribution in [0.4, 0.5) is 4.79 Å². The van der Waals surface area contributed by atoms with Gasteiger partial charge >= 0.3 is 12.1 Å². The zero-order valence-corrected chi connectivity index (χ0v) is 14.7. The molecule has 6 nitrogen and oxygen atoms in total. The Morgan fingerprint density at radius 2 is 2.09 bits per heavy atom. The number of ether oxygens (including phenoxy) is 1. The molecule has 1 unspecified atom stereocenters. The molecule has 0 saturated carbocycles. The number of nitrogens with one attached hydrogen (secondary N) is 1. The van der Waals surface area contributed by atoms with Crippen LogP contribution in [0, 0.1) is 6.92 Å². The van der Waals surface area contributed by atoms with E-state index in [9.17, 15) is 9.59 Å². The fourth-order valence-corrected chi connectivity index (χ4v) is 3.26. The second-order valence-corrected chi connectivity index (χ2v) is 7.12. The number of carbonyl (C=O) groups excluding carboxylic acids is 1. The molecule has 1 amide bonds. The van der Waals surface area contributed by atoms with Gasteiger partial charge in [-0.3, -0.25) is 4.79 Å². The van der Waals surface area contributed by atoms with Crippen molar-refractivity contribution in [3.63, 3.8) is 0 Å². The smallest absolute Gasteiger partial charge is 0.408 e. The number of halogens is 1. The largest absolute Gasteiger partial charge is 0.481 e. The monoisotopic (exact) mass is 398 g/mol. The fraction of sp³-hybridized carbons (Fsp3) is 0.267. The summed E-state index contributed by atoms with van der Waals surface area (Å²) in [6, 6.07) is 8.51. The number of amides is 1. The zero-order valence-electron chi connectivity index (χ0n) is 12.3. The average Bonchev–Trinajstić information content (AvgIpc) is 2.85. The SMILES string of the molecule is Cc1nc(C(CC(=O)O)NC(=O)OCc2ccccc2)sc1Br. The second-order valence-electron chi connectivity index (χ2n) is 4.77. The molecule has 23 heavy (non-hydrogen) atoms. The quantitative estimate of drug-likeness (QED) is 0.774. The molecule has 1 atom stereocenters. The minimum absolute atomic E-state index is 0.118. The number of aromatic nitrogens is 1. The molecule has 1 heterocycles. The van der Waals surface area contributed by atoms with Crippen molar-refractivity contribution < 1.29 is 19.4 Å². The Morgan fingerprint density at radius 3 is 2.65 bits per heavy atom. The van der Waals surface area contributed by atoms with Crippen molar-refractivity contribution in [2.45, 2.75) is 26.0 Å². The first-order valence-electron chi connectivity index (χ1n) is 6.77. The van der Waals surface area contributed by atoms with Crippen molar-refractivity contribution >= 4 is 39.3 Å². The number of thiazole rings is 1. The number of hydrogen-bond acceptors (Lipinski definition) is 5. The van der Waals surface area contributed by atoms with Gasteiger partial charge in [0.25, 0.3) is 0 Å². The number of benzene rings is 1. The van der Waals surface area contributed by atoms with Gasteiger partial charge in [-0.15, -0.1) is 11.3 Å². The molecule has 0 bridgehead atoms. The Balaban J connectivity index is 1.99. The van der Waals surface area contributed by atoms with E-state index < -0.39 is 18.1 Å². The molecule has 0 aliphatic carbocycles. The van der Waals surface area contributed by atoms with Gasteiger partial charge in [0.1, 0.15) is 11.6 Å². The maximum absolute atomic E-state index is 11.9. The highest BCUT2D eigenvalue weighted by molar-refractivity contribution is 9.11. The van der Waals surface area contributed by atoms with Gasteiger partial charge in [-0.25, -0.2) is 9.78 Å². The third-order valence-electron chi connectivity index (χ3n) is 2.94. The third-order valence-corrected chi connectivity index (χ3v) is 5.06. The molecular weight excluding hydrogens is 384 g/mol. The van der Waals surface area contributed by atoms with E-state index in [4.69, 9.17) is 9.84 Å². The number of carbonyl (C=O) groups is 2. The number of aliphatic carboxylic acids is 1. The van der Waals surface area contributed by atoms with Crippen molar-refractivity contribution in [3.05, 3.63) is 50.4 Å². The predicted molar refractivity (Wildman–Crippen MR) is 89.3 cm³/mol. The number of carboxylic acids is 1. The fourth-order valence-electron chi connectivity index (χ4n) is 1.83. The lowest BCUT2D eigenvalue weighted by molar-refractivity contribution is -0.137. The Hall–Kier alpha value is -1.93. The first-order chi connectivity index (χ1) is 11.0. The molecular formula is C15H15BrN2O4S. The van der Waals surface area contributed by atoms with Gasteiger partial charge in [0.15, 0.2) is 0 Å². The topological polar surface area (TPSA) is 88.5 Å². The highest BCUT2D eigenvalue weighted by atomic mass is 79.9. The molecule has 2 rings (SSSR count). The summed E-state index contributed by atoms with van der Waals surface area (Å²) >= 11 is 4.64. The number of alkyl carbamates (subject to hydrolysis) is 1. The van der Waals surface area contributed by atoms with E-state index in [-0.39, 0.29) is 13.0 Å². The summed E-state index contributed by atoms with van der Waals surface area (Å²) < 4.78 is 5.93. The van der Waals surface area contributed by atoms with E-state index in [0.29, 0.717) is 5.01 Å². The predicted octanol–water partition coefficient (Wildman–Crippen LogP) is 3.66. The van der Waals surface area contributed by atoms with E-state index in [1.54, 1.807) is 6.92 Å². The molecule has 0 spiro atoms. The van der Waals surface area contributed by atoms with Crippen LogP contribution in [0.2, 0.25) is 0 Å². The molecule has 0 saturated heterocycles. The number of rotatable bonds is 6. The third kappa shape index (κ3) is 5.33. The number of nitrogens with zero attached hydrogens (tertiary/aromatic N) is 1. The first-order valence-corrected chi connectivity index (χ1v) is 8.38. The van der Waals surface area contributed by atoms with Gasteiger partial charge in [-0.05, 0) is 28.4 Å². The highest BCUT2D eigenvalue weighted by Crippen LogP contribution is 2.29. The first kappa shape index (κ1) is 17.4. The molecule has 2 aromatic rings. The van der Waals surface area contributed by atoms with Gasteiger partial charge < -0.3 is 15.2 Å². The summed E-state index contributed by atoms with van der Waals surface area (Å²) in [5, 5.41) is 12.1. The maximum atomic E-state index is 11.9. The van der Waals surface area contributed by atoms with E-state index >= 15 is 0 Å². The van der Waals surface area contributed by atoms with Crippen LogP contribution in [0.25, 0.3) is 0 Å². The summed E-state index contributed by atoms with van der Waals surface area (Å²) in [5.74, 6) is -1.03. The van der Waals surface area contributed by atoms with Gasteiger partial charge in [-0.1, -0.05) is 30.3 Å². The zero-order chi connectivity index (χ0) is 16.8. The average molecular weight is 399 g/mol. The minimum atomic E-state index is -1.03. The van der Waals surface area contributed by atoms with Crippen LogP contribution < -0.4 is 5.32 Å². The van der Waals surface area contributed by atoms with Crippen LogP contribution in [0.3, 0.4) is 0 Å². The Kier molecular flexibility index (Phi) is 6.12. The second kappa shape index (κ2) is 8.07. The van der Waals surface area contributed by atoms with Crippen LogP contribution in [-0.2, 0) is 16.1 Å².